The summed E-state index contributed by atoms with van der Waals surface area (Å²) in [6, 6.07) is 5.36. The van der Waals surface area contributed by atoms with Gasteiger partial charge in [-0.2, -0.15) is 0 Å². The molecule has 0 aliphatic heterocycles. The highest BCUT2D eigenvalue weighted by Gasteiger charge is 2.01. The van der Waals surface area contributed by atoms with Crippen LogP contribution in [0.2, 0.25) is 0 Å². The summed E-state index contributed by atoms with van der Waals surface area (Å²) < 4.78 is 10.9. The third-order valence-electron chi connectivity index (χ3n) is 1.86. The zero-order valence-corrected chi connectivity index (χ0v) is 11.5. The number of hydrogen-bond acceptors (Lipinski definition) is 4. The SMILES string of the molecule is CCOC(=O)/C=C/Oc1cc(CO)ccc1I. The van der Waals surface area contributed by atoms with Crippen molar-refractivity contribution < 1.29 is 19.4 Å². The smallest absolute Gasteiger partial charge is 0.333 e. The average molecular weight is 348 g/mol. The second kappa shape index (κ2) is 7.29. The molecule has 0 spiro atoms. The second-order valence-corrected chi connectivity index (χ2v) is 4.26. The van der Waals surface area contributed by atoms with Crippen LogP contribution in [0.3, 0.4) is 0 Å². The van der Waals surface area contributed by atoms with Gasteiger partial charge in [-0.3, -0.25) is 0 Å². The lowest BCUT2D eigenvalue weighted by molar-refractivity contribution is -0.137. The van der Waals surface area contributed by atoms with Gasteiger partial charge in [0.2, 0.25) is 0 Å². The van der Waals surface area contributed by atoms with Crippen molar-refractivity contribution in [2.24, 2.45) is 0 Å². The number of carbonyl (C=O) groups is 1. The van der Waals surface area contributed by atoms with E-state index in [1.54, 1.807) is 13.0 Å². The molecule has 17 heavy (non-hydrogen) atoms. The standard InChI is InChI=1S/C12H13IO4/c1-2-16-12(15)5-6-17-11-7-9(8-14)3-4-10(11)13/h3-7,14H,2,8H2,1H3/b6-5+. The van der Waals surface area contributed by atoms with Gasteiger partial charge in [0.05, 0.1) is 29.1 Å². The van der Waals surface area contributed by atoms with Gasteiger partial charge >= 0.3 is 5.97 Å². The third kappa shape index (κ3) is 4.74. The van der Waals surface area contributed by atoms with E-state index < -0.39 is 5.97 Å². The molecule has 0 fully saturated rings. The molecule has 1 N–H and O–H groups in total. The fourth-order valence-corrected chi connectivity index (χ4v) is 1.55. The highest BCUT2D eigenvalue weighted by molar-refractivity contribution is 14.1. The van der Waals surface area contributed by atoms with E-state index in [2.05, 4.69) is 22.6 Å². The van der Waals surface area contributed by atoms with Gasteiger partial charge in [0, 0.05) is 0 Å². The molecule has 0 unspecified atom stereocenters. The Bertz CT molecular complexity index is 415. The van der Waals surface area contributed by atoms with E-state index in [0.717, 1.165) is 9.13 Å². The largest absolute Gasteiger partial charge is 0.464 e. The minimum atomic E-state index is -0.444. The van der Waals surface area contributed by atoms with Crippen molar-refractivity contribution in [3.8, 4) is 5.75 Å². The summed E-state index contributed by atoms with van der Waals surface area (Å²) in [5.41, 5.74) is 0.755. The molecule has 1 aromatic carbocycles. The molecule has 0 aromatic heterocycles. The summed E-state index contributed by atoms with van der Waals surface area (Å²) >= 11 is 2.11. The molecule has 0 bridgehead atoms. The molecule has 5 heteroatoms. The Morgan fingerprint density at radius 1 is 1.53 bits per heavy atom. The van der Waals surface area contributed by atoms with Gasteiger partial charge < -0.3 is 14.6 Å². The number of aliphatic hydroxyl groups is 1. The van der Waals surface area contributed by atoms with Crippen LogP contribution >= 0.6 is 22.6 Å². The molecule has 0 radical (unpaired) electrons. The summed E-state index contributed by atoms with van der Waals surface area (Å²) in [6.07, 6.45) is 2.49. The van der Waals surface area contributed by atoms with Gasteiger partial charge in [-0.15, -0.1) is 0 Å². The lowest BCUT2D eigenvalue weighted by Gasteiger charge is -2.05. The van der Waals surface area contributed by atoms with E-state index in [0.29, 0.717) is 12.4 Å². The van der Waals surface area contributed by atoms with Crippen molar-refractivity contribution in [2.45, 2.75) is 13.5 Å². The number of aliphatic hydroxyl groups excluding tert-OH is 1. The summed E-state index contributed by atoms with van der Waals surface area (Å²) in [5.74, 6) is 0.151. The number of hydrogen-bond donors (Lipinski definition) is 1. The highest BCUT2D eigenvalue weighted by atomic mass is 127. The Hall–Kier alpha value is -1.08. The van der Waals surface area contributed by atoms with Crippen molar-refractivity contribution in [1.29, 1.82) is 0 Å². The fraction of sp³-hybridized carbons (Fsp3) is 0.250. The Kier molecular flexibility index (Phi) is 5.99. The van der Waals surface area contributed by atoms with Crippen LogP contribution in [0.1, 0.15) is 12.5 Å². The molecule has 0 aliphatic rings. The van der Waals surface area contributed by atoms with Gasteiger partial charge in [0.15, 0.2) is 0 Å². The summed E-state index contributed by atoms with van der Waals surface area (Å²) in [5, 5.41) is 8.99. The van der Waals surface area contributed by atoms with E-state index in [4.69, 9.17) is 14.6 Å². The van der Waals surface area contributed by atoms with Gasteiger partial charge in [0.1, 0.15) is 5.75 Å². The van der Waals surface area contributed by atoms with Gasteiger partial charge in [-0.05, 0) is 47.2 Å². The van der Waals surface area contributed by atoms with Crippen molar-refractivity contribution in [1.82, 2.24) is 0 Å². The van der Waals surface area contributed by atoms with E-state index in [9.17, 15) is 4.79 Å². The van der Waals surface area contributed by atoms with Crippen molar-refractivity contribution in [3.05, 3.63) is 39.7 Å². The normalized spacial score (nSPS) is 10.5. The minimum absolute atomic E-state index is 0.0468. The summed E-state index contributed by atoms with van der Waals surface area (Å²) in [4.78, 5) is 11.0. The Labute approximate surface area is 113 Å². The van der Waals surface area contributed by atoms with Crippen LogP contribution < -0.4 is 4.74 Å². The molecule has 0 saturated carbocycles. The maximum atomic E-state index is 11.0. The predicted octanol–water partition coefficient (Wildman–Crippen LogP) is 2.24. The molecule has 92 valence electrons. The zero-order valence-electron chi connectivity index (χ0n) is 9.35. The first-order valence-electron chi connectivity index (χ1n) is 5.06. The Morgan fingerprint density at radius 3 is 2.94 bits per heavy atom. The summed E-state index contributed by atoms with van der Waals surface area (Å²) in [7, 11) is 0. The van der Waals surface area contributed by atoms with Crippen LogP contribution in [-0.4, -0.2) is 17.7 Å². The zero-order chi connectivity index (χ0) is 12.7. The fourth-order valence-electron chi connectivity index (χ4n) is 1.09. The van der Waals surface area contributed by atoms with E-state index in [1.807, 2.05) is 12.1 Å². The molecule has 0 atom stereocenters. The number of esters is 1. The predicted molar refractivity (Wildman–Crippen MR) is 71.5 cm³/mol. The van der Waals surface area contributed by atoms with Crippen molar-refractivity contribution >= 4 is 28.6 Å². The van der Waals surface area contributed by atoms with Crippen molar-refractivity contribution in [2.75, 3.05) is 6.61 Å². The monoisotopic (exact) mass is 348 g/mol. The molecule has 0 saturated heterocycles. The molecule has 0 heterocycles. The molecule has 0 aliphatic carbocycles. The van der Waals surface area contributed by atoms with Crippen LogP contribution in [0.25, 0.3) is 0 Å². The van der Waals surface area contributed by atoms with E-state index in [1.165, 1.54) is 12.3 Å². The number of benzene rings is 1. The number of carbonyl (C=O) groups excluding carboxylic acids is 1. The third-order valence-corrected chi connectivity index (χ3v) is 2.76. The van der Waals surface area contributed by atoms with Crippen molar-refractivity contribution in [3.63, 3.8) is 0 Å². The first kappa shape index (κ1) is 14.0. The average Bonchev–Trinajstić information content (AvgIpc) is 2.32. The first-order chi connectivity index (χ1) is 8.17. The first-order valence-corrected chi connectivity index (χ1v) is 6.14. The van der Waals surface area contributed by atoms with Crippen LogP contribution in [-0.2, 0) is 16.1 Å². The summed E-state index contributed by atoms with van der Waals surface area (Å²) in [6.45, 7) is 2.02. The molecule has 0 amide bonds. The molecule has 1 aromatic rings. The quantitative estimate of drug-likeness (QED) is 0.384. The maximum Gasteiger partial charge on any atom is 0.333 e. The Morgan fingerprint density at radius 2 is 2.29 bits per heavy atom. The van der Waals surface area contributed by atoms with Crippen LogP contribution in [0, 0.1) is 3.57 Å². The molecular weight excluding hydrogens is 335 g/mol. The highest BCUT2D eigenvalue weighted by Crippen LogP contribution is 2.22. The molecule has 4 nitrogen and oxygen atoms in total. The second-order valence-electron chi connectivity index (χ2n) is 3.10. The minimum Gasteiger partial charge on any atom is -0.464 e. The number of ether oxygens (including phenoxy) is 2. The van der Waals surface area contributed by atoms with Gasteiger partial charge in [-0.25, -0.2) is 4.79 Å². The van der Waals surface area contributed by atoms with Crippen LogP contribution in [0.15, 0.2) is 30.5 Å². The Balaban J connectivity index is 2.65. The van der Waals surface area contributed by atoms with E-state index in [-0.39, 0.29) is 6.61 Å². The topological polar surface area (TPSA) is 55.8 Å². The van der Waals surface area contributed by atoms with E-state index >= 15 is 0 Å². The lowest BCUT2D eigenvalue weighted by atomic mass is 10.2. The molecule has 1 rings (SSSR count). The van der Waals surface area contributed by atoms with Gasteiger partial charge in [-0.1, -0.05) is 6.07 Å². The van der Waals surface area contributed by atoms with Crippen LogP contribution in [0.5, 0.6) is 5.75 Å². The molecular formula is C12H13IO4. The van der Waals surface area contributed by atoms with Crippen LogP contribution in [0.4, 0.5) is 0 Å². The maximum absolute atomic E-state index is 11.0. The number of rotatable bonds is 5. The van der Waals surface area contributed by atoms with Gasteiger partial charge in [0.25, 0.3) is 0 Å². The number of halogens is 1. The lowest BCUT2D eigenvalue weighted by Crippen LogP contribution is -2.00.